The van der Waals surface area contributed by atoms with Crippen LogP contribution >= 0.6 is 0 Å². The molecule has 1 saturated carbocycles. The van der Waals surface area contributed by atoms with E-state index in [0.717, 1.165) is 55.6 Å². The van der Waals surface area contributed by atoms with E-state index < -0.39 is 0 Å². The van der Waals surface area contributed by atoms with E-state index in [9.17, 15) is 4.79 Å². The summed E-state index contributed by atoms with van der Waals surface area (Å²) < 4.78 is 5.71. The second-order valence-electron chi connectivity index (χ2n) is 9.32. The second kappa shape index (κ2) is 10.5. The molecule has 1 aromatic rings. The summed E-state index contributed by atoms with van der Waals surface area (Å²) in [6, 6.07) is 7.80. The minimum atomic E-state index is 0.0778. The maximum absolute atomic E-state index is 12.3. The summed E-state index contributed by atoms with van der Waals surface area (Å²) in [5.41, 5.74) is 2.69. The lowest BCUT2D eigenvalue weighted by molar-refractivity contribution is -0.134. The molecule has 0 N–H and O–H groups in total. The lowest BCUT2D eigenvalue weighted by Crippen LogP contribution is -2.38. The van der Waals surface area contributed by atoms with E-state index in [1.54, 1.807) is 0 Å². The number of likely N-dealkylation sites (tertiary alicyclic amines) is 2. The highest BCUT2D eigenvalue weighted by atomic mass is 16.6. The van der Waals surface area contributed by atoms with Gasteiger partial charge in [-0.1, -0.05) is 12.1 Å². The van der Waals surface area contributed by atoms with Crippen molar-refractivity contribution >= 4 is 11.6 Å². The van der Waals surface area contributed by atoms with Crippen LogP contribution in [0.5, 0.6) is 5.75 Å². The molecule has 3 aliphatic rings. The maximum atomic E-state index is 12.3. The van der Waals surface area contributed by atoms with Gasteiger partial charge in [-0.3, -0.25) is 9.69 Å². The number of piperidine rings is 2. The maximum Gasteiger partial charge on any atom is 0.260 e. The van der Waals surface area contributed by atoms with Gasteiger partial charge >= 0.3 is 0 Å². The van der Waals surface area contributed by atoms with Gasteiger partial charge in [0.1, 0.15) is 12.4 Å². The Morgan fingerprint density at radius 2 is 1.71 bits per heavy atom. The van der Waals surface area contributed by atoms with Gasteiger partial charge in [0.25, 0.3) is 5.91 Å². The van der Waals surface area contributed by atoms with Crippen molar-refractivity contribution < 1.29 is 14.4 Å². The first-order valence-corrected chi connectivity index (χ1v) is 12.1. The average Bonchev–Trinajstić information content (AvgIpc) is 3.59. The smallest absolute Gasteiger partial charge is 0.260 e. The Labute approximate surface area is 186 Å². The highest BCUT2D eigenvalue weighted by Crippen LogP contribution is 2.53. The minimum Gasteiger partial charge on any atom is -0.484 e. The first-order valence-electron chi connectivity index (χ1n) is 12.1. The molecule has 6 heteroatoms. The van der Waals surface area contributed by atoms with Crippen molar-refractivity contribution in [2.45, 2.75) is 58.3 Å². The number of rotatable bonds is 9. The van der Waals surface area contributed by atoms with Gasteiger partial charge in [0.05, 0.1) is 5.71 Å². The van der Waals surface area contributed by atoms with Crippen LogP contribution in [0.3, 0.4) is 0 Å². The molecule has 0 bridgehead atoms. The van der Waals surface area contributed by atoms with Gasteiger partial charge in [-0.2, -0.15) is 0 Å². The van der Waals surface area contributed by atoms with E-state index in [4.69, 9.17) is 9.57 Å². The van der Waals surface area contributed by atoms with Gasteiger partial charge in [0.15, 0.2) is 6.61 Å². The molecule has 0 unspecified atom stereocenters. The topological polar surface area (TPSA) is 54.4 Å². The van der Waals surface area contributed by atoms with Crippen molar-refractivity contribution in [1.82, 2.24) is 9.80 Å². The minimum absolute atomic E-state index is 0.0778. The van der Waals surface area contributed by atoms with Crippen LogP contribution in [0.2, 0.25) is 0 Å². The summed E-state index contributed by atoms with van der Waals surface area (Å²) in [5.74, 6) is 0.790. The van der Waals surface area contributed by atoms with E-state index in [2.05, 4.69) is 17.0 Å². The first-order chi connectivity index (χ1) is 15.2. The summed E-state index contributed by atoms with van der Waals surface area (Å²) >= 11 is 0. The number of carbonyl (C=O) groups is 1. The molecule has 0 aromatic heterocycles. The lowest BCUT2D eigenvalue weighted by Gasteiger charge is -2.31. The molecule has 0 radical (unpaired) electrons. The highest BCUT2D eigenvalue weighted by molar-refractivity contribution is 6.00. The Morgan fingerprint density at radius 1 is 1.00 bits per heavy atom. The van der Waals surface area contributed by atoms with Gasteiger partial charge in [-0.05, 0) is 99.7 Å². The Balaban J connectivity index is 1.19. The highest BCUT2D eigenvalue weighted by Gasteiger charge is 2.44. The average molecular weight is 428 g/mol. The summed E-state index contributed by atoms with van der Waals surface area (Å²) in [6.07, 6.45) is 9.82. The molecule has 2 heterocycles. The van der Waals surface area contributed by atoms with Gasteiger partial charge in [0, 0.05) is 19.6 Å². The normalized spacial score (nSPS) is 21.2. The quantitative estimate of drug-likeness (QED) is 0.338. The zero-order valence-electron chi connectivity index (χ0n) is 19.0. The van der Waals surface area contributed by atoms with Crippen molar-refractivity contribution in [3.8, 4) is 5.75 Å². The van der Waals surface area contributed by atoms with Crippen LogP contribution in [0.25, 0.3) is 0 Å². The van der Waals surface area contributed by atoms with Crippen molar-refractivity contribution in [3.05, 3.63) is 29.8 Å². The Morgan fingerprint density at radius 3 is 2.35 bits per heavy atom. The van der Waals surface area contributed by atoms with E-state index in [0.29, 0.717) is 12.4 Å². The van der Waals surface area contributed by atoms with Crippen molar-refractivity contribution in [1.29, 1.82) is 0 Å². The third-order valence-corrected chi connectivity index (χ3v) is 7.14. The fourth-order valence-corrected chi connectivity index (χ4v) is 4.67. The number of ether oxygens (including phenoxy) is 1. The van der Waals surface area contributed by atoms with Crippen LogP contribution in [0, 0.1) is 5.41 Å². The molecule has 1 aromatic carbocycles. The first kappa shape index (κ1) is 22.1. The van der Waals surface area contributed by atoms with Gasteiger partial charge in [-0.15, -0.1) is 0 Å². The van der Waals surface area contributed by atoms with Gasteiger partial charge in [0.2, 0.25) is 0 Å². The summed E-state index contributed by atoms with van der Waals surface area (Å²) in [5, 5.41) is 4.39. The molecule has 0 atom stereocenters. The standard InChI is InChI=1S/C25H37N3O3/c1-2-23(26-31-19-18-27-16-12-25(10-11-25)13-17-27)21-6-8-22(9-7-21)30-20-24(29)28-14-4-3-5-15-28/h6-9H,2-5,10-20H2,1H3/b26-23-. The fraction of sp³-hybridized carbons (Fsp3) is 0.680. The number of benzene rings is 1. The van der Waals surface area contributed by atoms with Crippen molar-refractivity contribution in [2.75, 3.05) is 45.9 Å². The monoisotopic (exact) mass is 427 g/mol. The van der Waals surface area contributed by atoms with Crippen LogP contribution < -0.4 is 4.74 Å². The molecule has 1 amide bonds. The number of oxime groups is 1. The van der Waals surface area contributed by atoms with Gasteiger partial charge in [-0.25, -0.2) is 0 Å². The van der Waals surface area contributed by atoms with Crippen LogP contribution in [0.15, 0.2) is 29.4 Å². The molecule has 1 aliphatic carbocycles. The Kier molecular flexibility index (Phi) is 7.49. The zero-order chi connectivity index (χ0) is 21.5. The Hall–Kier alpha value is -2.08. The molecule has 6 nitrogen and oxygen atoms in total. The molecule has 2 saturated heterocycles. The van der Waals surface area contributed by atoms with E-state index in [1.807, 2.05) is 29.2 Å². The zero-order valence-corrected chi connectivity index (χ0v) is 19.0. The molecule has 31 heavy (non-hydrogen) atoms. The van der Waals surface area contributed by atoms with E-state index in [-0.39, 0.29) is 12.5 Å². The summed E-state index contributed by atoms with van der Waals surface area (Å²) in [7, 11) is 0. The van der Waals surface area contributed by atoms with Crippen LogP contribution in [0.4, 0.5) is 0 Å². The molecule has 1 spiro atoms. The van der Waals surface area contributed by atoms with E-state index >= 15 is 0 Å². The predicted octanol–water partition coefficient (Wildman–Crippen LogP) is 4.08. The van der Waals surface area contributed by atoms with E-state index in [1.165, 1.54) is 45.2 Å². The molecule has 170 valence electrons. The summed E-state index contributed by atoms with van der Waals surface area (Å²) in [6.45, 7) is 7.90. The SMILES string of the molecule is CC/C(=N/OCCN1CCC2(CC1)CC2)c1ccc(OCC(=O)N2CCCCC2)cc1. The largest absolute Gasteiger partial charge is 0.484 e. The number of carbonyl (C=O) groups excluding carboxylic acids is 1. The lowest BCUT2D eigenvalue weighted by atomic mass is 9.94. The second-order valence-corrected chi connectivity index (χ2v) is 9.32. The van der Waals surface area contributed by atoms with Crippen molar-refractivity contribution in [3.63, 3.8) is 0 Å². The van der Waals surface area contributed by atoms with Crippen molar-refractivity contribution in [2.24, 2.45) is 10.6 Å². The fourth-order valence-electron chi connectivity index (χ4n) is 4.67. The molecule has 2 aliphatic heterocycles. The third kappa shape index (κ3) is 6.22. The van der Waals surface area contributed by atoms with Crippen LogP contribution in [0.1, 0.15) is 63.9 Å². The number of nitrogens with zero attached hydrogens (tertiary/aromatic N) is 3. The van der Waals surface area contributed by atoms with Crippen LogP contribution in [-0.2, 0) is 9.63 Å². The van der Waals surface area contributed by atoms with Gasteiger partial charge < -0.3 is 14.5 Å². The Bertz CT molecular complexity index is 742. The number of amides is 1. The molecule has 4 rings (SSSR count). The molecule has 3 fully saturated rings. The molecular weight excluding hydrogens is 390 g/mol. The molecular formula is C25H37N3O3. The summed E-state index contributed by atoms with van der Waals surface area (Å²) in [4.78, 5) is 22.3. The number of hydrogen-bond donors (Lipinski definition) is 0. The van der Waals surface area contributed by atoms with Crippen LogP contribution in [-0.4, -0.2) is 67.4 Å². The predicted molar refractivity (Wildman–Crippen MR) is 122 cm³/mol. The number of hydrogen-bond acceptors (Lipinski definition) is 5. The third-order valence-electron chi connectivity index (χ3n) is 7.14.